The number of anilines is 2. The van der Waals surface area contributed by atoms with E-state index in [1.807, 2.05) is 4.90 Å². The molecule has 1 atom stereocenters. The average Bonchev–Trinajstić information content (AvgIpc) is 3.36. The van der Waals surface area contributed by atoms with Crippen LogP contribution in [0.25, 0.3) is 11.2 Å². The number of carbonyl (C=O) groups excluding carboxylic acids is 1. The quantitative estimate of drug-likeness (QED) is 0.446. The van der Waals surface area contributed by atoms with Gasteiger partial charge in [-0.05, 0) is 25.3 Å². The topological polar surface area (TPSA) is 80.0 Å². The Labute approximate surface area is 207 Å². The minimum atomic E-state index is -4.63. The largest absolute Gasteiger partial charge is 0.417 e. The van der Waals surface area contributed by atoms with E-state index in [4.69, 9.17) is 0 Å². The summed E-state index contributed by atoms with van der Waals surface area (Å²) in [6.45, 7) is -0.498. The normalized spacial score (nSPS) is 20.1. The lowest BCUT2D eigenvalue weighted by atomic mass is 9.71. The van der Waals surface area contributed by atoms with Crippen LogP contribution < -0.4 is 9.80 Å². The van der Waals surface area contributed by atoms with E-state index in [9.17, 15) is 31.1 Å². The number of pyridine rings is 1. The van der Waals surface area contributed by atoms with Gasteiger partial charge in [-0.2, -0.15) is 18.3 Å². The lowest BCUT2D eigenvalue weighted by Crippen LogP contribution is -2.48. The van der Waals surface area contributed by atoms with Crippen LogP contribution in [0.4, 0.5) is 37.8 Å². The van der Waals surface area contributed by atoms with Gasteiger partial charge in [0, 0.05) is 37.2 Å². The van der Waals surface area contributed by atoms with Crippen molar-refractivity contribution in [1.82, 2.24) is 24.7 Å². The predicted molar refractivity (Wildman–Crippen MR) is 121 cm³/mol. The Morgan fingerprint density at radius 1 is 1.11 bits per heavy atom. The first-order valence-electron chi connectivity index (χ1n) is 11.7. The maximum Gasteiger partial charge on any atom is 0.417 e. The number of piperidine rings is 1. The Hall–Kier alpha value is -3.45. The van der Waals surface area contributed by atoms with Gasteiger partial charge in [-0.25, -0.2) is 23.4 Å². The van der Waals surface area contributed by atoms with Gasteiger partial charge in [-0.15, -0.1) is 0 Å². The van der Waals surface area contributed by atoms with Gasteiger partial charge in [0.05, 0.1) is 36.5 Å². The van der Waals surface area contributed by atoms with Crippen LogP contribution in [-0.4, -0.2) is 62.9 Å². The van der Waals surface area contributed by atoms with Gasteiger partial charge in [-0.1, -0.05) is 0 Å². The summed E-state index contributed by atoms with van der Waals surface area (Å²) in [5.74, 6) is 0.0915. The smallest absolute Gasteiger partial charge is 0.355 e. The number of aromatic nitrogens is 5. The van der Waals surface area contributed by atoms with Gasteiger partial charge in [0.2, 0.25) is 5.91 Å². The molecule has 1 unspecified atom stereocenters. The molecule has 1 spiro atoms. The number of nitrogens with zero attached hydrogens (tertiary/aromatic N) is 7. The van der Waals surface area contributed by atoms with E-state index < -0.39 is 42.8 Å². The first-order chi connectivity index (χ1) is 17.6. The SMILES string of the molecule is O=C1CC2(CCN(c3cnc4cnn(CC(F)F)c4n3)CC2)C(CCF)N1c1cncc(C(F)(F)F)c1. The van der Waals surface area contributed by atoms with Crippen LogP contribution >= 0.6 is 0 Å². The molecule has 0 radical (unpaired) electrons. The van der Waals surface area contributed by atoms with Gasteiger partial charge in [-0.3, -0.25) is 14.2 Å². The molecule has 37 heavy (non-hydrogen) atoms. The molecule has 0 N–H and O–H groups in total. The molecule has 2 fully saturated rings. The number of carbonyl (C=O) groups is 1. The van der Waals surface area contributed by atoms with E-state index >= 15 is 0 Å². The Morgan fingerprint density at radius 3 is 2.54 bits per heavy atom. The van der Waals surface area contributed by atoms with E-state index in [2.05, 4.69) is 20.1 Å². The van der Waals surface area contributed by atoms with Gasteiger partial charge in [0.15, 0.2) is 5.65 Å². The maximum atomic E-state index is 13.6. The Balaban J connectivity index is 1.38. The van der Waals surface area contributed by atoms with Crippen molar-refractivity contribution in [1.29, 1.82) is 0 Å². The van der Waals surface area contributed by atoms with Crippen molar-refractivity contribution in [3.8, 4) is 0 Å². The van der Waals surface area contributed by atoms with E-state index in [1.54, 1.807) is 0 Å². The van der Waals surface area contributed by atoms with Crippen LogP contribution in [0.5, 0.6) is 0 Å². The molecule has 0 saturated carbocycles. The fourth-order valence-electron chi connectivity index (χ4n) is 5.48. The van der Waals surface area contributed by atoms with Crippen LogP contribution in [0.15, 0.2) is 30.9 Å². The Kier molecular flexibility index (Phi) is 6.44. The number of amides is 1. The fraction of sp³-hybridized carbons (Fsp3) is 0.522. The second kappa shape index (κ2) is 9.45. The summed E-state index contributed by atoms with van der Waals surface area (Å²) in [6.07, 6.45) is -1.48. The highest BCUT2D eigenvalue weighted by Crippen LogP contribution is 2.49. The van der Waals surface area contributed by atoms with Crippen LogP contribution in [0.2, 0.25) is 0 Å². The second-order valence-corrected chi connectivity index (χ2v) is 9.37. The summed E-state index contributed by atoms with van der Waals surface area (Å²) in [7, 11) is 0. The lowest BCUT2D eigenvalue weighted by Gasteiger charge is -2.44. The third-order valence-corrected chi connectivity index (χ3v) is 7.23. The van der Waals surface area contributed by atoms with Crippen LogP contribution in [-0.2, 0) is 17.5 Å². The average molecular weight is 527 g/mol. The van der Waals surface area contributed by atoms with Gasteiger partial charge in [0.1, 0.15) is 17.9 Å². The van der Waals surface area contributed by atoms with Gasteiger partial charge < -0.3 is 9.80 Å². The predicted octanol–water partition coefficient (Wildman–Crippen LogP) is 4.26. The molecule has 0 bridgehead atoms. The molecule has 5 rings (SSSR count). The monoisotopic (exact) mass is 527 g/mol. The maximum absolute atomic E-state index is 13.6. The van der Waals surface area contributed by atoms with Crippen molar-refractivity contribution in [2.24, 2.45) is 5.41 Å². The van der Waals surface area contributed by atoms with Gasteiger partial charge in [0.25, 0.3) is 6.43 Å². The minimum absolute atomic E-state index is 0.00110. The number of alkyl halides is 6. The Bertz CT molecular complexity index is 1290. The van der Waals surface area contributed by atoms with Crippen LogP contribution in [0, 0.1) is 5.41 Å². The van der Waals surface area contributed by atoms with Crippen molar-refractivity contribution in [2.45, 2.75) is 50.9 Å². The number of halogens is 6. The number of hydrogen-bond acceptors (Lipinski definition) is 6. The zero-order chi connectivity index (χ0) is 26.4. The molecular formula is C23H23F6N7O. The van der Waals surface area contributed by atoms with Gasteiger partial charge >= 0.3 is 6.18 Å². The van der Waals surface area contributed by atoms with Crippen molar-refractivity contribution in [3.63, 3.8) is 0 Å². The molecule has 0 aliphatic carbocycles. The van der Waals surface area contributed by atoms with E-state index in [1.165, 1.54) is 23.5 Å². The highest BCUT2D eigenvalue weighted by Gasteiger charge is 2.53. The van der Waals surface area contributed by atoms with E-state index in [-0.39, 0.29) is 30.1 Å². The molecule has 2 saturated heterocycles. The minimum Gasteiger partial charge on any atom is -0.355 e. The summed E-state index contributed by atoms with van der Waals surface area (Å²) in [4.78, 5) is 28.7. The molecule has 2 aliphatic rings. The zero-order valence-electron chi connectivity index (χ0n) is 19.5. The molecule has 14 heteroatoms. The highest BCUT2D eigenvalue weighted by molar-refractivity contribution is 5.97. The summed E-state index contributed by atoms with van der Waals surface area (Å²) in [6, 6.07) is 0.246. The molecule has 198 valence electrons. The Morgan fingerprint density at radius 2 is 1.86 bits per heavy atom. The first kappa shape index (κ1) is 25.2. The summed E-state index contributed by atoms with van der Waals surface area (Å²) >= 11 is 0. The number of fused-ring (bicyclic) bond motifs is 1. The second-order valence-electron chi connectivity index (χ2n) is 9.37. The van der Waals surface area contributed by atoms with E-state index in [0.717, 1.165) is 10.7 Å². The van der Waals surface area contributed by atoms with Crippen molar-refractivity contribution in [3.05, 3.63) is 36.4 Å². The summed E-state index contributed by atoms with van der Waals surface area (Å²) in [5.41, 5.74) is -1.00. The third kappa shape index (κ3) is 4.68. The first-order valence-corrected chi connectivity index (χ1v) is 11.7. The summed E-state index contributed by atoms with van der Waals surface area (Å²) < 4.78 is 80.2. The molecule has 8 nitrogen and oxygen atoms in total. The molecule has 1 amide bonds. The van der Waals surface area contributed by atoms with Crippen LogP contribution in [0.1, 0.15) is 31.2 Å². The van der Waals surface area contributed by atoms with Crippen LogP contribution in [0.3, 0.4) is 0 Å². The highest BCUT2D eigenvalue weighted by atomic mass is 19.4. The van der Waals surface area contributed by atoms with E-state index in [0.29, 0.717) is 43.5 Å². The number of hydrogen-bond donors (Lipinski definition) is 0. The zero-order valence-corrected chi connectivity index (χ0v) is 19.5. The standard InChI is InChI=1S/C23H23F6N7O/c24-4-1-17-22(8-20(37)36(17)15-7-14(9-30-10-15)23(27,28)29)2-5-34(6-3-22)19-12-31-16-11-32-35(13-18(25)26)21(16)33-19/h7,9-12,17-18H,1-6,8,13H2. The molecule has 2 aliphatic heterocycles. The molecule has 3 aromatic rings. The molecule has 0 aromatic carbocycles. The number of rotatable bonds is 6. The van der Waals surface area contributed by atoms with Crippen molar-refractivity contribution in [2.75, 3.05) is 29.6 Å². The summed E-state index contributed by atoms with van der Waals surface area (Å²) in [5, 5.41) is 3.92. The molecular weight excluding hydrogens is 504 g/mol. The molecule has 5 heterocycles. The molecule has 3 aromatic heterocycles. The lowest BCUT2D eigenvalue weighted by molar-refractivity contribution is -0.137. The third-order valence-electron chi connectivity index (χ3n) is 7.23. The fourth-order valence-corrected chi connectivity index (χ4v) is 5.48. The van der Waals surface area contributed by atoms with Crippen molar-refractivity contribution >= 4 is 28.6 Å². The van der Waals surface area contributed by atoms with Crippen molar-refractivity contribution < 1.29 is 31.1 Å².